The summed E-state index contributed by atoms with van der Waals surface area (Å²) in [6.45, 7) is 1.44. The summed E-state index contributed by atoms with van der Waals surface area (Å²) in [6, 6.07) is 4.87. The van der Waals surface area contributed by atoms with Gasteiger partial charge in [0.05, 0.1) is 13.5 Å². The van der Waals surface area contributed by atoms with E-state index < -0.39 is 11.5 Å². The topological polar surface area (TPSA) is 92.7 Å². The molecule has 0 atom stereocenters. The van der Waals surface area contributed by atoms with Gasteiger partial charge in [-0.2, -0.15) is 0 Å². The molecule has 0 saturated heterocycles. The first-order valence-corrected chi connectivity index (χ1v) is 7.10. The molecule has 1 saturated carbocycles. The molecule has 0 aromatic heterocycles. The number of hydrogen-bond acceptors (Lipinski definition) is 4. The zero-order valence-corrected chi connectivity index (χ0v) is 12.6. The molecule has 2 N–H and O–H groups in total. The van der Waals surface area contributed by atoms with E-state index in [1.165, 1.54) is 14.0 Å². The van der Waals surface area contributed by atoms with Gasteiger partial charge in [-0.05, 0) is 44.4 Å². The highest BCUT2D eigenvalue weighted by Gasteiger charge is 2.45. The van der Waals surface area contributed by atoms with Gasteiger partial charge < -0.3 is 15.2 Å². The first kappa shape index (κ1) is 16.0. The SMILES string of the molecule is COc1ccc(C(C)=O)cc1CC(=O)NC1(C(=O)O)CCC1. The number of Topliss-reactive ketones (excluding diaryl/α,β-unsaturated/α-hetero) is 1. The molecule has 0 bridgehead atoms. The Balaban J connectivity index is 2.15. The van der Waals surface area contributed by atoms with Gasteiger partial charge in [0.2, 0.25) is 5.91 Å². The fraction of sp³-hybridized carbons (Fsp3) is 0.438. The number of rotatable bonds is 6. The molecule has 1 aliphatic carbocycles. The van der Waals surface area contributed by atoms with Crippen LogP contribution in [-0.2, 0) is 16.0 Å². The zero-order valence-electron chi connectivity index (χ0n) is 12.6. The van der Waals surface area contributed by atoms with Crippen molar-refractivity contribution in [3.8, 4) is 5.75 Å². The van der Waals surface area contributed by atoms with Gasteiger partial charge in [-0.15, -0.1) is 0 Å². The van der Waals surface area contributed by atoms with Gasteiger partial charge in [-0.1, -0.05) is 0 Å². The van der Waals surface area contributed by atoms with E-state index in [1.807, 2.05) is 0 Å². The van der Waals surface area contributed by atoms with Gasteiger partial charge in [0.25, 0.3) is 0 Å². The number of nitrogens with one attached hydrogen (secondary N) is 1. The van der Waals surface area contributed by atoms with Crippen molar-refractivity contribution < 1.29 is 24.2 Å². The Kier molecular flexibility index (Phi) is 4.49. The Hall–Kier alpha value is -2.37. The van der Waals surface area contributed by atoms with E-state index in [0.717, 1.165) is 6.42 Å². The molecule has 6 nitrogen and oxygen atoms in total. The predicted molar refractivity (Wildman–Crippen MR) is 79.1 cm³/mol. The third-order valence-corrected chi connectivity index (χ3v) is 4.03. The lowest BCUT2D eigenvalue weighted by molar-refractivity contribution is -0.151. The molecule has 1 aromatic rings. The summed E-state index contributed by atoms with van der Waals surface area (Å²) in [6.07, 6.45) is 1.65. The van der Waals surface area contributed by atoms with Crippen LogP contribution in [0, 0.1) is 0 Å². The van der Waals surface area contributed by atoms with Gasteiger partial charge in [0.15, 0.2) is 5.78 Å². The largest absolute Gasteiger partial charge is 0.496 e. The van der Waals surface area contributed by atoms with Crippen LogP contribution in [0.3, 0.4) is 0 Å². The van der Waals surface area contributed by atoms with E-state index >= 15 is 0 Å². The number of aliphatic carboxylic acids is 1. The average Bonchev–Trinajstić information content (AvgIpc) is 2.42. The van der Waals surface area contributed by atoms with Gasteiger partial charge in [0, 0.05) is 11.1 Å². The minimum absolute atomic E-state index is 0.0284. The summed E-state index contributed by atoms with van der Waals surface area (Å²) in [4.78, 5) is 34.9. The van der Waals surface area contributed by atoms with E-state index in [0.29, 0.717) is 29.7 Å². The van der Waals surface area contributed by atoms with Crippen molar-refractivity contribution in [2.24, 2.45) is 0 Å². The number of benzene rings is 1. The molecule has 1 amide bonds. The van der Waals surface area contributed by atoms with Crippen molar-refractivity contribution in [1.82, 2.24) is 5.32 Å². The lowest BCUT2D eigenvalue weighted by Crippen LogP contribution is -2.59. The highest BCUT2D eigenvalue weighted by atomic mass is 16.5. The van der Waals surface area contributed by atoms with Crippen molar-refractivity contribution in [1.29, 1.82) is 0 Å². The fourth-order valence-corrected chi connectivity index (χ4v) is 2.54. The van der Waals surface area contributed by atoms with Gasteiger partial charge >= 0.3 is 5.97 Å². The number of ketones is 1. The van der Waals surface area contributed by atoms with Crippen LogP contribution >= 0.6 is 0 Å². The van der Waals surface area contributed by atoms with Gasteiger partial charge in [0.1, 0.15) is 11.3 Å². The van der Waals surface area contributed by atoms with Gasteiger partial charge in [-0.25, -0.2) is 4.79 Å². The maximum atomic E-state index is 12.2. The van der Waals surface area contributed by atoms with Crippen molar-refractivity contribution in [3.05, 3.63) is 29.3 Å². The summed E-state index contributed by atoms with van der Waals surface area (Å²) in [5, 5.41) is 11.8. The second-order valence-electron chi connectivity index (χ2n) is 5.55. The summed E-state index contributed by atoms with van der Waals surface area (Å²) in [5.74, 6) is -0.999. The highest BCUT2D eigenvalue weighted by Crippen LogP contribution is 2.32. The van der Waals surface area contributed by atoms with Crippen molar-refractivity contribution in [2.75, 3.05) is 7.11 Å². The minimum Gasteiger partial charge on any atom is -0.496 e. The number of carboxylic acid groups (broad SMARTS) is 1. The van der Waals surface area contributed by atoms with Crippen molar-refractivity contribution in [3.63, 3.8) is 0 Å². The van der Waals surface area contributed by atoms with Gasteiger partial charge in [-0.3, -0.25) is 9.59 Å². The summed E-state index contributed by atoms with van der Waals surface area (Å²) in [7, 11) is 1.48. The minimum atomic E-state index is -1.14. The maximum absolute atomic E-state index is 12.2. The molecule has 6 heteroatoms. The van der Waals surface area contributed by atoms with Crippen LogP contribution in [0.4, 0.5) is 0 Å². The first-order valence-electron chi connectivity index (χ1n) is 7.10. The van der Waals surface area contributed by atoms with E-state index in [-0.39, 0.29) is 18.1 Å². The van der Waals surface area contributed by atoms with Crippen LogP contribution in [0.15, 0.2) is 18.2 Å². The summed E-state index contributed by atoms with van der Waals surface area (Å²) >= 11 is 0. The average molecular weight is 305 g/mol. The Bertz CT molecular complexity index is 619. The number of ether oxygens (including phenoxy) is 1. The Morgan fingerprint density at radius 3 is 2.45 bits per heavy atom. The molecule has 22 heavy (non-hydrogen) atoms. The normalized spacial score (nSPS) is 15.5. The molecule has 1 aliphatic rings. The number of amides is 1. The summed E-state index contributed by atoms with van der Waals surface area (Å²) in [5.41, 5.74) is -0.0876. The predicted octanol–water partition coefficient (Wildman–Crippen LogP) is 1.56. The number of carboxylic acids is 1. The molecule has 0 heterocycles. The number of hydrogen-bond donors (Lipinski definition) is 2. The van der Waals surface area contributed by atoms with Crippen molar-refractivity contribution in [2.45, 2.75) is 38.1 Å². The summed E-state index contributed by atoms with van der Waals surface area (Å²) < 4.78 is 5.19. The van der Waals surface area contributed by atoms with E-state index in [1.54, 1.807) is 18.2 Å². The second kappa shape index (κ2) is 6.17. The third-order valence-electron chi connectivity index (χ3n) is 4.03. The third kappa shape index (κ3) is 3.10. The van der Waals surface area contributed by atoms with Crippen LogP contribution in [0.2, 0.25) is 0 Å². The Morgan fingerprint density at radius 2 is 2.00 bits per heavy atom. The Labute approximate surface area is 128 Å². The quantitative estimate of drug-likeness (QED) is 0.778. The number of carbonyl (C=O) groups is 3. The lowest BCUT2D eigenvalue weighted by Gasteiger charge is -2.38. The molecule has 0 unspecified atom stereocenters. The second-order valence-corrected chi connectivity index (χ2v) is 5.55. The zero-order chi connectivity index (χ0) is 16.3. The Morgan fingerprint density at radius 1 is 1.32 bits per heavy atom. The lowest BCUT2D eigenvalue weighted by atomic mass is 9.76. The van der Waals surface area contributed by atoms with E-state index in [2.05, 4.69) is 5.32 Å². The molecular formula is C16H19NO5. The molecule has 1 aromatic carbocycles. The molecule has 0 radical (unpaired) electrons. The van der Waals surface area contributed by atoms with Crippen LogP contribution in [0.5, 0.6) is 5.75 Å². The van der Waals surface area contributed by atoms with Crippen molar-refractivity contribution >= 4 is 17.7 Å². The van der Waals surface area contributed by atoms with E-state index in [4.69, 9.17) is 4.74 Å². The van der Waals surface area contributed by atoms with Crippen LogP contribution in [0.25, 0.3) is 0 Å². The monoisotopic (exact) mass is 305 g/mol. The molecular weight excluding hydrogens is 286 g/mol. The van der Waals surface area contributed by atoms with Crippen LogP contribution in [0.1, 0.15) is 42.1 Å². The highest BCUT2D eigenvalue weighted by molar-refractivity contribution is 5.95. The number of carbonyl (C=O) groups excluding carboxylic acids is 2. The first-order chi connectivity index (χ1) is 10.4. The molecule has 118 valence electrons. The van der Waals surface area contributed by atoms with Crippen LogP contribution < -0.4 is 10.1 Å². The maximum Gasteiger partial charge on any atom is 0.329 e. The van der Waals surface area contributed by atoms with E-state index in [9.17, 15) is 19.5 Å². The molecule has 0 spiro atoms. The molecule has 2 rings (SSSR count). The molecule has 1 fully saturated rings. The van der Waals surface area contributed by atoms with Crippen LogP contribution in [-0.4, -0.2) is 35.4 Å². The smallest absolute Gasteiger partial charge is 0.329 e. The fourth-order valence-electron chi connectivity index (χ4n) is 2.54. The standard InChI is InChI=1S/C16H19NO5/c1-10(18)11-4-5-13(22-2)12(8-11)9-14(19)17-16(15(20)21)6-3-7-16/h4-5,8H,3,6-7,9H2,1-2H3,(H,17,19)(H,20,21). The molecule has 0 aliphatic heterocycles. The number of methoxy groups -OCH3 is 1.